The fraction of sp³-hybridized carbons (Fsp3) is 0.800. The van der Waals surface area contributed by atoms with Crippen molar-refractivity contribution in [2.45, 2.75) is 80.4 Å². The van der Waals surface area contributed by atoms with E-state index in [0.717, 1.165) is 12.8 Å². The second kappa shape index (κ2) is 5.35. The van der Waals surface area contributed by atoms with E-state index in [-0.39, 0.29) is 21.7 Å². The zero-order valence-electron chi connectivity index (χ0n) is 16.0. The average molecular weight is 322 g/mol. The Morgan fingerprint density at radius 2 is 1.04 bits per heavy atom. The summed E-state index contributed by atoms with van der Waals surface area (Å²) in [5, 5.41) is 21.4. The number of aliphatic hydroxyl groups excluding tert-OH is 2. The fourth-order valence-electron chi connectivity index (χ4n) is 4.65. The Morgan fingerprint density at radius 1 is 0.739 bits per heavy atom. The van der Waals surface area contributed by atoms with Gasteiger partial charge in [-0.25, -0.2) is 0 Å². The number of hydrogen-bond acceptors (Lipinski definition) is 3. The van der Waals surface area contributed by atoms with Crippen molar-refractivity contribution in [1.29, 1.82) is 0 Å². The van der Waals surface area contributed by atoms with Gasteiger partial charge < -0.3 is 14.9 Å². The maximum atomic E-state index is 10.7. The molecule has 3 heteroatoms. The maximum Gasteiger partial charge on any atom is 0.129 e. The van der Waals surface area contributed by atoms with Gasteiger partial charge in [0.25, 0.3) is 0 Å². The fourth-order valence-corrected chi connectivity index (χ4v) is 4.65. The Morgan fingerprint density at radius 3 is 1.35 bits per heavy atom. The molecular weight excluding hydrogens is 288 g/mol. The van der Waals surface area contributed by atoms with Crippen LogP contribution < -0.4 is 0 Å². The lowest BCUT2D eigenvalue weighted by Gasteiger charge is -2.45. The van der Waals surface area contributed by atoms with Crippen LogP contribution in [0.1, 0.15) is 68.2 Å². The molecule has 0 aromatic heterocycles. The summed E-state index contributed by atoms with van der Waals surface area (Å²) in [6.07, 6.45) is 4.52. The molecule has 2 atom stereocenters. The quantitative estimate of drug-likeness (QED) is 0.792. The van der Waals surface area contributed by atoms with E-state index in [9.17, 15) is 10.2 Å². The number of hydrogen-bond donors (Lipinski definition) is 2. The molecule has 2 N–H and O–H groups in total. The number of aliphatic hydroxyl groups is 2. The number of rotatable bonds is 2. The second-order valence-corrected chi connectivity index (χ2v) is 10.3. The SMILES string of the molecule is CC1(C)C=C(OC2=CC(C)(C)CC(C)(C)C2O)C(O)C(C)(C)C1. The van der Waals surface area contributed by atoms with Gasteiger partial charge in [0.2, 0.25) is 0 Å². The highest BCUT2D eigenvalue weighted by Gasteiger charge is 2.45. The van der Waals surface area contributed by atoms with Crippen LogP contribution in [0, 0.1) is 21.7 Å². The summed E-state index contributed by atoms with van der Waals surface area (Å²) in [4.78, 5) is 0. The predicted octanol–water partition coefficient (Wildman–Crippen LogP) is 4.40. The molecule has 0 saturated carbocycles. The molecule has 0 heterocycles. The van der Waals surface area contributed by atoms with Crippen LogP contribution >= 0.6 is 0 Å². The van der Waals surface area contributed by atoms with Crippen LogP contribution in [0.2, 0.25) is 0 Å². The average Bonchev–Trinajstić information content (AvgIpc) is 2.28. The molecule has 0 spiro atoms. The van der Waals surface area contributed by atoms with Gasteiger partial charge in [-0.2, -0.15) is 0 Å². The van der Waals surface area contributed by atoms with Gasteiger partial charge in [0.15, 0.2) is 0 Å². The molecule has 0 fully saturated rings. The van der Waals surface area contributed by atoms with Gasteiger partial charge in [-0.3, -0.25) is 0 Å². The molecule has 0 saturated heterocycles. The largest absolute Gasteiger partial charge is 0.461 e. The molecule has 3 nitrogen and oxygen atoms in total. The van der Waals surface area contributed by atoms with Crippen LogP contribution in [0.3, 0.4) is 0 Å². The van der Waals surface area contributed by atoms with Crippen molar-refractivity contribution in [2.75, 3.05) is 0 Å². The summed E-state index contributed by atoms with van der Waals surface area (Å²) in [5.74, 6) is 1.15. The summed E-state index contributed by atoms with van der Waals surface area (Å²) < 4.78 is 6.12. The highest BCUT2D eigenvalue weighted by Crippen LogP contribution is 2.48. The third kappa shape index (κ3) is 3.83. The molecule has 0 aliphatic heterocycles. The summed E-state index contributed by atoms with van der Waals surface area (Å²) in [7, 11) is 0. The second-order valence-electron chi connectivity index (χ2n) is 10.3. The molecular formula is C20H34O3. The van der Waals surface area contributed by atoms with Crippen LogP contribution in [0.25, 0.3) is 0 Å². The lowest BCUT2D eigenvalue weighted by Crippen LogP contribution is -2.43. The van der Waals surface area contributed by atoms with Crippen molar-refractivity contribution in [3.05, 3.63) is 23.7 Å². The first-order valence-corrected chi connectivity index (χ1v) is 8.65. The van der Waals surface area contributed by atoms with Crippen molar-refractivity contribution in [3.8, 4) is 0 Å². The van der Waals surface area contributed by atoms with E-state index in [1.54, 1.807) is 0 Å². The maximum absolute atomic E-state index is 10.7. The van der Waals surface area contributed by atoms with E-state index in [4.69, 9.17) is 4.74 Å². The Bertz CT molecular complexity index is 487. The first-order valence-electron chi connectivity index (χ1n) is 8.65. The highest BCUT2D eigenvalue weighted by atomic mass is 16.5. The topological polar surface area (TPSA) is 49.7 Å². The van der Waals surface area contributed by atoms with Crippen molar-refractivity contribution in [2.24, 2.45) is 21.7 Å². The zero-order valence-corrected chi connectivity index (χ0v) is 16.0. The predicted molar refractivity (Wildman–Crippen MR) is 93.6 cm³/mol. The van der Waals surface area contributed by atoms with Crippen LogP contribution in [0.15, 0.2) is 23.7 Å². The molecule has 23 heavy (non-hydrogen) atoms. The van der Waals surface area contributed by atoms with Crippen LogP contribution in [0.5, 0.6) is 0 Å². The van der Waals surface area contributed by atoms with E-state index in [1.807, 2.05) is 12.2 Å². The van der Waals surface area contributed by atoms with Crippen molar-refractivity contribution in [3.63, 3.8) is 0 Å². The minimum atomic E-state index is -0.656. The van der Waals surface area contributed by atoms with Crippen molar-refractivity contribution in [1.82, 2.24) is 0 Å². The van der Waals surface area contributed by atoms with Gasteiger partial charge in [0.05, 0.1) is 0 Å². The monoisotopic (exact) mass is 322 g/mol. The first kappa shape index (κ1) is 18.5. The lowest BCUT2D eigenvalue weighted by atomic mass is 9.66. The van der Waals surface area contributed by atoms with E-state index in [0.29, 0.717) is 11.5 Å². The van der Waals surface area contributed by atoms with Gasteiger partial charge in [-0.1, -0.05) is 55.4 Å². The van der Waals surface area contributed by atoms with E-state index < -0.39 is 12.2 Å². The summed E-state index contributed by atoms with van der Waals surface area (Å²) >= 11 is 0. The normalized spacial score (nSPS) is 34.3. The Kier molecular flexibility index (Phi) is 4.31. The summed E-state index contributed by atoms with van der Waals surface area (Å²) in [6.45, 7) is 16.9. The van der Waals surface area contributed by atoms with E-state index in [2.05, 4.69) is 55.4 Å². The molecule has 2 rings (SSSR count). The number of ether oxygens (including phenoxy) is 1. The molecule has 2 aliphatic rings. The molecule has 0 radical (unpaired) electrons. The molecule has 132 valence electrons. The van der Waals surface area contributed by atoms with Crippen molar-refractivity contribution < 1.29 is 14.9 Å². The zero-order chi connectivity index (χ0) is 17.8. The Hall–Kier alpha value is -0.800. The van der Waals surface area contributed by atoms with Gasteiger partial charge in [-0.15, -0.1) is 0 Å². The standard InChI is InChI=1S/C20H34O3/c1-17(2)9-13(15(21)19(5,6)11-17)23-14-10-18(3,4)12-20(7,8)16(14)22/h9-10,15-16,21-22H,11-12H2,1-8H3. The molecule has 2 unspecified atom stereocenters. The highest BCUT2D eigenvalue weighted by molar-refractivity contribution is 5.22. The third-order valence-electron chi connectivity index (χ3n) is 5.14. The third-order valence-corrected chi connectivity index (χ3v) is 5.14. The molecule has 0 bridgehead atoms. The van der Waals surface area contributed by atoms with Crippen LogP contribution in [0.4, 0.5) is 0 Å². The van der Waals surface area contributed by atoms with Gasteiger partial charge >= 0.3 is 0 Å². The van der Waals surface area contributed by atoms with Gasteiger partial charge in [0, 0.05) is 0 Å². The number of allylic oxidation sites excluding steroid dienone is 2. The van der Waals surface area contributed by atoms with Gasteiger partial charge in [-0.05, 0) is 46.7 Å². The minimum Gasteiger partial charge on any atom is -0.461 e. The smallest absolute Gasteiger partial charge is 0.129 e. The van der Waals surface area contributed by atoms with Crippen LogP contribution in [-0.4, -0.2) is 22.4 Å². The van der Waals surface area contributed by atoms with Crippen LogP contribution in [-0.2, 0) is 4.74 Å². The molecule has 0 aromatic rings. The first-order chi connectivity index (χ1) is 10.2. The molecule has 0 aromatic carbocycles. The summed E-state index contributed by atoms with van der Waals surface area (Å²) in [6, 6.07) is 0. The lowest BCUT2D eigenvalue weighted by molar-refractivity contribution is -0.0353. The Balaban J connectivity index is 2.37. The van der Waals surface area contributed by atoms with Gasteiger partial charge in [0.1, 0.15) is 23.7 Å². The summed E-state index contributed by atoms with van der Waals surface area (Å²) in [5.41, 5.74) is -0.579. The van der Waals surface area contributed by atoms with E-state index >= 15 is 0 Å². The minimum absolute atomic E-state index is 0.0384. The molecule has 2 aliphatic carbocycles. The molecule has 0 amide bonds. The van der Waals surface area contributed by atoms with Crippen molar-refractivity contribution >= 4 is 0 Å². The Labute approximate surface area is 141 Å². The van der Waals surface area contributed by atoms with E-state index in [1.165, 1.54) is 0 Å².